The fourth-order valence-corrected chi connectivity index (χ4v) is 2.12. The fourth-order valence-electron chi connectivity index (χ4n) is 2.12. The van der Waals surface area contributed by atoms with Crippen LogP contribution in [0.25, 0.3) is 0 Å². The first-order valence-corrected chi connectivity index (χ1v) is 5.51. The summed E-state index contributed by atoms with van der Waals surface area (Å²) >= 11 is 0. The highest BCUT2D eigenvalue weighted by atomic mass is 16.3. The molecule has 16 heavy (non-hydrogen) atoms. The van der Waals surface area contributed by atoms with Crippen molar-refractivity contribution in [2.24, 2.45) is 5.92 Å². The minimum absolute atomic E-state index is 0.0521. The number of hydrogen-bond donors (Lipinski definition) is 3. The van der Waals surface area contributed by atoms with Crippen molar-refractivity contribution in [3.8, 4) is 0 Å². The van der Waals surface area contributed by atoms with Gasteiger partial charge in [-0.3, -0.25) is 9.89 Å². The van der Waals surface area contributed by atoms with E-state index in [4.69, 9.17) is 5.11 Å². The lowest BCUT2D eigenvalue weighted by Crippen LogP contribution is -2.39. The number of aromatic amines is 1. The van der Waals surface area contributed by atoms with Crippen molar-refractivity contribution in [1.29, 1.82) is 0 Å². The Balaban J connectivity index is 1.97. The first kappa shape index (κ1) is 11.1. The van der Waals surface area contributed by atoms with E-state index in [-0.39, 0.29) is 30.3 Å². The van der Waals surface area contributed by atoms with E-state index in [2.05, 4.69) is 20.5 Å². The van der Waals surface area contributed by atoms with E-state index in [1.54, 1.807) is 6.92 Å². The van der Waals surface area contributed by atoms with Gasteiger partial charge in [-0.1, -0.05) is 6.42 Å². The van der Waals surface area contributed by atoms with Crippen molar-refractivity contribution < 1.29 is 9.90 Å². The maximum Gasteiger partial charge on any atom is 0.291 e. The van der Waals surface area contributed by atoms with Gasteiger partial charge in [-0.2, -0.15) is 0 Å². The molecule has 1 aromatic rings. The number of carbonyl (C=O) groups excluding carboxylic acids is 1. The molecule has 88 valence electrons. The summed E-state index contributed by atoms with van der Waals surface area (Å²) in [4.78, 5) is 15.7. The molecule has 6 heteroatoms. The molecule has 0 aromatic carbocycles. The lowest BCUT2D eigenvalue weighted by Gasteiger charge is -2.17. The smallest absolute Gasteiger partial charge is 0.291 e. The second-order valence-electron chi connectivity index (χ2n) is 4.20. The molecular formula is C10H16N4O2. The number of aryl methyl sites for hydroxylation is 1. The molecule has 1 fully saturated rings. The Labute approximate surface area is 93.5 Å². The minimum atomic E-state index is -0.269. The number of carbonyl (C=O) groups is 1. The van der Waals surface area contributed by atoms with Crippen molar-refractivity contribution in [2.75, 3.05) is 6.61 Å². The van der Waals surface area contributed by atoms with Gasteiger partial charge in [0.1, 0.15) is 5.82 Å². The van der Waals surface area contributed by atoms with E-state index in [0.717, 1.165) is 19.3 Å². The number of hydrogen-bond acceptors (Lipinski definition) is 4. The zero-order valence-electron chi connectivity index (χ0n) is 9.23. The van der Waals surface area contributed by atoms with E-state index in [1.807, 2.05) is 0 Å². The highest BCUT2D eigenvalue weighted by Gasteiger charge is 2.28. The Hall–Kier alpha value is -1.43. The van der Waals surface area contributed by atoms with Crippen LogP contribution in [0.5, 0.6) is 0 Å². The van der Waals surface area contributed by atoms with Crippen LogP contribution in [-0.2, 0) is 0 Å². The molecule has 1 aliphatic carbocycles. The lowest BCUT2D eigenvalue weighted by molar-refractivity contribution is 0.0906. The molecule has 1 aromatic heterocycles. The van der Waals surface area contributed by atoms with Crippen LogP contribution in [0.3, 0.4) is 0 Å². The molecule has 0 saturated heterocycles. The number of nitrogens with zero attached hydrogens (tertiary/aromatic N) is 2. The molecule has 0 radical (unpaired) electrons. The maximum absolute atomic E-state index is 11.7. The van der Waals surface area contributed by atoms with E-state index < -0.39 is 0 Å². The van der Waals surface area contributed by atoms with Crippen molar-refractivity contribution in [3.05, 3.63) is 11.6 Å². The number of rotatable bonds is 3. The molecule has 0 bridgehead atoms. The average molecular weight is 224 g/mol. The second-order valence-corrected chi connectivity index (χ2v) is 4.20. The first-order chi connectivity index (χ1) is 7.70. The molecular weight excluding hydrogens is 208 g/mol. The summed E-state index contributed by atoms with van der Waals surface area (Å²) in [6.45, 7) is 1.87. The van der Waals surface area contributed by atoms with Gasteiger partial charge in [0.05, 0.1) is 0 Å². The van der Waals surface area contributed by atoms with Crippen LogP contribution >= 0.6 is 0 Å². The van der Waals surface area contributed by atoms with Gasteiger partial charge in [0, 0.05) is 18.6 Å². The standard InChI is InChI=1S/C10H16N4O2/c1-6-11-9(14-13-6)10(16)12-8-4-2-3-7(8)5-15/h7-8,15H,2-5H2,1H3,(H,12,16)(H,11,13,14). The van der Waals surface area contributed by atoms with Crippen molar-refractivity contribution in [1.82, 2.24) is 20.5 Å². The van der Waals surface area contributed by atoms with Gasteiger partial charge in [0.2, 0.25) is 5.82 Å². The highest BCUT2D eigenvalue weighted by Crippen LogP contribution is 2.25. The number of H-pyrrole nitrogens is 1. The van der Waals surface area contributed by atoms with Crippen LogP contribution in [0.4, 0.5) is 0 Å². The third-order valence-corrected chi connectivity index (χ3v) is 3.01. The predicted octanol–water partition coefficient (Wildman–Crippen LogP) is 0.00392. The largest absolute Gasteiger partial charge is 0.396 e. The lowest BCUT2D eigenvalue weighted by atomic mass is 10.1. The monoisotopic (exact) mass is 224 g/mol. The summed E-state index contributed by atoms with van der Waals surface area (Å²) in [6, 6.07) is 0.0521. The topological polar surface area (TPSA) is 90.9 Å². The van der Waals surface area contributed by atoms with Crippen molar-refractivity contribution in [3.63, 3.8) is 0 Å². The quantitative estimate of drug-likeness (QED) is 0.674. The number of aromatic nitrogens is 3. The summed E-state index contributed by atoms with van der Waals surface area (Å²) in [5.41, 5.74) is 0. The normalized spacial score (nSPS) is 24.6. The van der Waals surface area contributed by atoms with Gasteiger partial charge < -0.3 is 10.4 Å². The summed E-state index contributed by atoms with van der Waals surface area (Å²) in [6.07, 6.45) is 2.93. The number of nitrogens with one attached hydrogen (secondary N) is 2. The zero-order chi connectivity index (χ0) is 11.5. The molecule has 1 aliphatic rings. The summed E-state index contributed by atoms with van der Waals surface area (Å²) in [5.74, 6) is 0.690. The SMILES string of the molecule is Cc1nc(C(=O)NC2CCCC2CO)n[nH]1. The summed E-state index contributed by atoms with van der Waals surface area (Å²) in [5, 5.41) is 18.4. The van der Waals surface area contributed by atoms with Crippen molar-refractivity contribution in [2.45, 2.75) is 32.2 Å². The molecule has 2 unspecified atom stereocenters. The second kappa shape index (κ2) is 4.61. The molecule has 6 nitrogen and oxygen atoms in total. The van der Waals surface area contributed by atoms with Gasteiger partial charge >= 0.3 is 0 Å². The molecule has 2 rings (SSSR count). The van der Waals surface area contributed by atoms with Gasteiger partial charge in [-0.05, 0) is 19.8 Å². The van der Waals surface area contributed by atoms with Gasteiger partial charge in [0.15, 0.2) is 0 Å². The zero-order valence-corrected chi connectivity index (χ0v) is 9.23. The Bertz CT molecular complexity index is 377. The average Bonchev–Trinajstić information content (AvgIpc) is 2.86. The maximum atomic E-state index is 11.7. The van der Waals surface area contributed by atoms with Crippen molar-refractivity contribution >= 4 is 5.91 Å². The van der Waals surface area contributed by atoms with E-state index >= 15 is 0 Å². The molecule has 0 aliphatic heterocycles. The summed E-state index contributed by atoms with van der Waals surface area (Å²) < 4.78 is 0. The van der Waals surface area contributed by atoms with Crippen LogP contribution in [0, 0.1) is 12.8 Å². The van der Waals surface area contributed by atoms with E-state index in [9.17, 15) is 4.79 Å². The summed E-state index contributed by atoms with van der Waals surface area (Å²) in [7, 11) is 0. The molecule has 1 saturated carbocycles. The van der Waals surface area contributed by atoms with Crippen LogP contribution in [-0.4, -0.2) is 38.8 Å². The van der Waals surface area contributed by atoms with Crippen LogP contribution in [0.2, 0.25) is 0 Å². The Morgan fingerprint density at radius 2 is 2.44 bits per heavy atom. The Morgan fingerprint density at radius 1 is 1.62 bits per heavy atom. The molecule has 1 heterocycles. The number of aliphatic hydroxyl groups is 1. The first-order valence-electron chi connectivity index (χ1n) is 5.51. The van der Waals surface area contributed by atoms with Gasteiger partial charge in [0.25, 0.3) is 5.91 Å². The Morgan fingerprint density at radius 3 is 3.06 bits per heavy atom. The minimum Gasteiger partial charge on any atom is -0.396 e. The fraction of sp³-hybridized carbons (Fsp3) is 0.700. The van der Waals surface area contributed by atoms with Crippen LogP contribution in [0.15, 0.2) is 0 Å². The molecule has 0 spiro atoms. The third kappa shape index (κ3) is 2.21. The van der Waals surface area contributed by atoms with Crippen LogP contribution < -0.4 is 5.32 Å². The van der Waals surface area contributed by atoms with Crippen LogP contribution in [0.1, 0.15) is 35.7 Å². The van der Waals surface area contributed by atoms with E-state index in [0.29, 0.717) is 5.82 Å². The molecule has 2 atom stereocenters. The Kier molecular flexibility index (Phi) is 3.19. The predicted molar refractivity (Wildman–Crippen MR) is 56.8 cm³/mol. The number of aliphatic hydroxyl groups excluding tert-OH is 1. The highest BCUT2D eigenvalue weighted by molar-refractivity contribution is 5.90. The van der Waals surface area contributed by atoms with E-state index in [1.165, 1.54) is 0 Å². The third-order valence-electron chi connectivity index (χ3n) is 3.01. The van der Waals surface area contributed by atoms with Gasteiger partial charge in [-0.15, -0.1) is 5.10 Å². The molecule has 3 N–H and O–H groups in total. The van der Waals surface area contributed by atoms with Gasteiger partial charge in [-0.25, -0.2) is 4.98 Å². The number of amides is 1. The molecule has 1 amide bonds.